The van der Waals surface area contributed by atoms with Gasteiger partial charge in [0.1, 0.15) is 5.01 Å². The molecule has 114 valence electrons. The molecule has 0 unspecified atom stereocenters. The highest BCUT2D eigenvalue weighted by molar-refractivity contribution is 7.13. The van der Waals surface area contributed by atoms with Crippen LogP contribution in [0.15, 0.2) is 29.6 Å². The minimum absolute atomic E-state index is 0.316. The largest absolute Gasteiger partial charge is 0.302 e. The summed E-state index contributed by atoms with van der Waals surface area (Å²) in [6.45, 7) is 8.83. The van der Waals surface area contributed by atoms with Gasteiger partial charge in [-0.05, 0) is 24.1 Å². The minimum Gasteiger partial charge on any atom is -0.302 e. The third-order valence-corrected chi connectivity index (χ3v) is 4.27. The van der Waals surface area contributed by atoms with Crippen molar-refractivity contribution < 1.29 is 0 Å². The molecule has 0 saturated carbocycles. The van der Waals surface area contributed by atoms with E-state index in [1.807, 2.05) is 5.38 Å². The van der Waals surface area contributed by atoms with Crippen LogP contribution in [0, 0.1) is 5.41 Å². The molecule has 0 aliphatic heterocycles. The van der Waals surface area contributed by atoms with Crippen LogP contribution in [0.4, 0.5) is 0 Å². The van der Waals surface area contributed by atoms with Crippen LogP contribution in [0.5, 0.6) is 0 Å². The van der Waals surface area contributed by atoms with Crippen LogP contribution in [0.3, 0.4) is 0 Å². The van der Waals surface area contributed by atoms with Crippen LogP contribution in [0.2, 0.25) is 0 Å². The molecule has 0 aliphatic carbocycles. The molecule has 0 spiro atoms. The van der Waals surface area contributed by atoms with Gasteiger partial charge < -0.3 is 4.90 Å². The molecule has 2 rings (SSSR count). The molecule has 2 nitrogen and oxygen atoms in total. The van der Waals surface area contributed by atoms with Crippen LogP contribution in [-0.2, 0) is 12.4 Å². The van der Waals surface area contributed by atoms with Gasteiger partial charge in [0, 0.05) is 24.0 Å². The van der Waals surface area contributed by atoms with Gasteiger partial charge in [0.25, 0.3) is 0 Å². The predicted molar refractivity (Wildman–Crippen MR) is 92.9 cm³/mol. The predicted octanol–water partition coefficient (Wildman–Crippen LogP) is 5.03. The summed E-state index contributed by atoms with van der Waals surface area (Å²) in [6, 6.07) is 8.64. The summed E-state index contributed by atoms with van der Waals surface area (Å²) in [5.41, 5.74) is 3.77. The monoisotopic (exact) mass is 322 g/mol. The SMILES string of the molecule is CN(Cc1cccc(-c2nc(CCl)cs2)c1)CC(C)(C)C. The first-order valence-electron chi connectivity index (χ1n) is 7.15. The number of rotatable bonds is 5. The third kappa shape index (κ3) is 5.10. The summed E-state index contributed by atoms with van der Waals surface area (Å²) >= 11 is 7.48. The van der Waals surface area contributed by atoms with Crippen molar-refractivity contribution in [3.05, 3.63) is 40.9 Å². The Bertz CT molecular complexity index is 586. The smallest absolute Gasteiger partial charge is 0.123 e. The molecule has 1 aromatic carbocycles. The number of aromatic nitrogens is 1. The second kappa shape index (κ2) is 6.91. The van der Waals surface area contributed by atoms with Gasteiger partial charge in [0.15, 0.2) is 0 Å². The number of benzene rings is 1. The maximum absolute atomic E-state index is 5.83. The van der Waals surface area contributed by atoms with Crippen LogP contribution in [-0.4, -0.2) is 23.5 Å². The number of hydrogen-bond donors (Lipinski definition) is 0. The lowest BCUT2D eigenvalue weighted by molar-refractivity contribution is 0.221. The Morgan fingerprint density at radius 2 is 2.05 bits per heavy atom. The van der Waals surface area contributed by atoms with Gasteiger partial charge in [-0.15, -0.1) is 22.9 Å². The average Bonchev–Trinajstić information content (AvgIpc) is 2.85. The summed E-state index contributed by atoms with van der Waals surface area (Å²) in [7, 11) is 2.17. The summed E-state index contributed by atoms with van der Waals surface area (Å²) in [6.07, 6.45) is 0. The summed E-state index contributed by atoms with van der Waals surface area (Å²) in [5.74, 6) is 0.477. The lowest BCUT2D eigenvalue weighted by Gasteiger charge is -2.26. The topological polar surface area (TPSA) is 16.1 Å². The molecule has 21 heavy (non-hydrogen) atoms. The van der Waals surface area contributed by atoms with Gasteiger partial charge in [-0.25, -0.2) is 4.98 Å². The summed E-state index contributed by atoms with van der Waals surface area (Å²) in [5, 5.41) is 3.08. The van der Waals surface area contributed by atoms with Crippen LogP contribution in [0.1, 0.15) is 32.0 Å². The molecule has 0 aliphatic rings. The lowest BCUT2D eigenvalue weighted by atomic mass is 9.96. The molecule has 0 bridgehead atoms. The number of halogens is 1. The highest BCUT2D eigenvalue weighted by atomic mass is 35.5. The minimum atomic E-state index is 0.316. The van der Waals surface area contributed by atoms with E-state index in [9.17, 15) is 0 Å². The van der Waals surface area contributed by atoms with Gasteiger partial charge >= 0.3 is 0 Å². The third-order valence-electron chi connectivity index (χ3n) is 3.06. The fourth-order valence-electron chi connectivity index (χ4n) is 2.48. The average molecular weight is 323 g/mol. The summed E-state index contributed by atoms with van der Waals surface area (Å²) in [4.78, 5) is 6.92. The Hall–Kier alpha value is -0.900. The maximum Gasteiger partial charge on any atom is 0.123 e. The van der Waals surface area contributed by atoms with Crippen molar-refractivity contribution in [3.8, 4) is 10.6 Å². The van der Waals surface area contributed by atoms with Crippen molar-refractivity contribution in [2.45, 2.75) is 33.2 Å². The zero-order valence-electron chi connectivity index (χ0n) is 13.2. The van der Waals surface area contributed by atoms with E-state index in [1.54, 1.807) is 11.3 Å². The first-order valence-corrected chi connectivity index (χ1v) is 8.57. The summed E-state index contributed by atoms with van der Waals surface area (Å²) < 4.78 is 0. The number of hydrogen-bond acceptors (Lipinski definition) is 3. The van der Waals surface area contributed by atoms with Gasteiger partial charge in [0.2, 0.25) is 0 Å². The Kier molecular flexibility index (Phi) is 5.42. The molecule has 1 aromatic heterocycles. The van der Waals surface area contributed by atoms with Gasteiger partial charge in [-0.1, -0.05) is 39.0 Å². The van der Waals surface area contributed by atoms with E-state index in [0.29, 0.717) is 11.3 Å². The molecule has 0 amide bonds. The second-order valence-electron chi connectivity index (χ2n) is 6.71. The molecule has 0 radical (unpaired) electrons. The van der Waals surface area contributed by atoms with Crippen LogP contribution < -0.4 is 0 Å². The van der Waals surface area contributed by atoms with Crippen molar-refractivity contribution in [2.24, 2.45) is 5.41 Å². The van der Waals surface area contributed by atoms with Crippen molar-refractivity contribution in [3.63, 3.8) is 0 Å². The molecule has 4 heteroatoms. The quantitative estimate of drug-likeness (QED) is 0.718. The second-order valence-corrected chi connectivity index (χ2v) is 7.84. The van der Waals surface area contributed by atoms with E-state index in [-0.39, 0.29) is 0 Å². The first kappa shape index (κ1) is 16.5. The van der Waals surface area contributed by atoms with E-state index in [0.717, 1.165) is 23.8 Å². The zero-order valence-corrected chi connectivity index (χ0v) is 14.8. The van der Waals surface area contributed by atoms with E-state index in [2.05, 4.69) is 62.0 Å². The van der Waals surface area contributed by atoms with Crippen LogP contribution in [0.25, 0.3) is 10.6 Å². The molecule has 0 N–H and O–H groups in total. The lowest BCUT2D eigenvalue weighted by Crippen LogP contribution is -2.28. The number of nitrogens with zero attached hydrogens (tertiary/aromatic N) is 2. The maximum atomic E-state index is 5.83. The Labute approximate surface area is 136 Å². The van der Waals surface area contributed by atoms with E-state index < -0.39 is 0 Å². The Morgan fingerprint density at radius 3 is 2.67 bits per heavy atom. The number of alkyl halides is 1. The standard InChI is InChI=1S/C17H23ClN2S/c1-17(2,3)12-20(4)10-13-6-5-7-14(8-13)16-19-15(9-18)11-21-16/h5-8,11H,9-10,12H2,1-4H3. The molecular formula is C17H23ClN2S. The molecule has 0 atom stereocenters. The molecule has 2 aromatic rings. The fraction of sp³-hybridized carbons (Fsp3) is 0.471. The Balaban J connectivity index is 2.10. The molecule has 1 heterocycles. The highest BCUT2D eigenvalue weighted by Gasteiger charge is 2.14. The zero-order chi connectivity index (χ0) is 15.5. The molecule has 0 saturated heterocycles. The van der Waals surface area contributed by atoms with Crippen molar-refractivity contribution in [2.75, 3.05) is 13.6 Å². The van der Waals surface area contributed by atoms with Crippen molar-refractivity contribution in [1.82, 2.24) is 9.88 Å². The molecule has 0 fully saturated rings. The Morgan fingerprint density at radius 1 is 1.29 bits per heavy atom. The first-order chi connectivity index (χ1) is 9.87. The highest BCUT2D eigenvalue weighted by Crippen LogP contribution is 2.25. The van der Waals surface area contributed by atoms with Gasteiger partial charge in [-0.2, -0.15) is 0 Å². The van der Waals surface area contributed by atoms with E-state index >= 15 is 0 Å². The van der Waals surface area contributed by atoms with Crippen molar-refractivity contribution in [1.29, 1.82) is 0 Å². The van der Waals surface area contributed by atoms with Gasteiger partial charge in [-0.3, -0.25) is 0 Å². The molecular weight excluding hydrogens is 300 g/mol. The van der Waals surface area contributed by atoms with E-state index in [4.69, 9.17) is 11.6 Å². The van der Waals surface area contributed by atoms with Crippen molar-refractivity contribution >= 4 is 22.9 Å². The number of thiazole rings is 1. The van der Waals surface area contributed by atoms with Gasteiger partial charge in [0.05, 0.1) is 11.6 Å². The van der Waals surface area contributed by atoms with E-state index in [1.165, 1.54) is 11.1 Å². The normalized spacial score (nSPS) is 12.1. The fourth-order valence-corrected chi connectivity index (χ4v) is 3.53. The van der Waals surface area contributed by atoms with Crippen LogP contribution >= 0.6 is 22.9 Å².